The molecule has 0 radical (unpaired) electrons. The summed E-state index contributed by atoms with van der Waals surface area (Å²) in [5.41, 5.74) is 5.56. The first-order valence-electron chi connectivity index (χ1n) is 3.84. The van der Waals surface area contributed by atoms with E-state index < -0.39 is 0 Å². The van der Waals surface area contributed by atoms with Gasteiger partial charge in [0.25, 0.3) is 0 Å². The van der Waals surface area contributed by atoms with Crippen molar-refractivity contribution in [1.82, 2.24) is 0 Å². The molecule has 0 saturated carbocycles. The average Bonchev–Trinajstić information content (AvgIpc) is 2.29. The summed E-state index contributed by atoms with van der Waals surface area (Å²) in [6.07, 6.45) is 2.12. The van der Waals surface area contributed by atoms with Crippen LogP contribution in [0.4, 0.5) is 0 Å². The first kappa shape index (κ1) is 9.32. The fourth-order valence-electron chi connectivity index (χ4n) is 0.912. The first-order valence-corrected chi connectivity index (χ1v) is 4.66. The highest BCUT2D eigenvalue weighted by atomic mass is 32.2. The summed E-state index contributed by atoms with van der Waals surface area (Å²) in [5, 5.41) is 0.586. The van der Waals surface area contributed by atoms with E-state index in [1.807, 2.05) is 0 Å². The van der Waals surface area contributed by atoms with Gasteiger partial charge in [0.1, 0.15) is 0 Å². The van der Waals surface area contributed by atoms with Crippen molar-refractivity contribution in [2.45, 2.75) is 13.8 Å². The van der Waals surface area contributed by atoms with Crippen LogP contribution in [0.2, 0.25) is 0 Å². The van der Waals surface area contributed by atoms with Crippen molar-refractivity contribution < 1.29 is 0 Å². The molecular weight excluding hydrogens is 170 g/mol. The largest absolute Gasteiger partial charge is 0.378 e. The van der Waals surface area contributed by atoms with Gasteiger partial charge >= 0.3 is 0 Å². The van der Waals surface area contributed by atoms with Crippen LogP contribution in [0.15, 0.2) is 21.0 Å². The minimum Gasteiger partial charge on any atom is -0.378 e. The van der Waals surface area contributed by atoms with Gasteiger partial charge in [-0.05, 0) is 17.7 Å². The highest BCUT2D eigenvalue weighted by Crippen LogP contribution is 2.26. The Morgan fingerprint density at radius 2 is 2.25 bits per heavy atom. The zero-order valence-electron chi connectivity index (χ0n) is 7.53. The van der Waals surface area contributed by atoms with Crippen LogP contribution < -0.4 is 5.73 Å². The van der Waals surface area contributed by atoms with E-state index in [-0.39, 0.29) is 0 Å². The van der Waals surface area contributed by atoms with E-state index in [2.05, 4.69) is 29.9 Å². The van der Waals surface area contributed by atoms with Crippen molar-refractivity contribution in [3.63, 3.8) is 0 Å². The molecule has 0 saturated heterocycles. The van der Waals surface area contributed by atoms with Crippen LogP contribution in [0, 0.1) is 5.92 Å². The lowest BCUT2D eigenvalue weighted by Crippen LogP contribution is -2.01. The second-order valence-electron chi connectivity index (χ2n) is 2.87. The van der Waals surface area contributed by atoms with Gasteiger partial charge in [0.15, 0.2) is 11.0 Å². The standard InChI is InChI=1S/C8H13N3S/c1-5(2)4-6-7(10-3)11-8(9)12-6/h4-5H,1-3H3,(H2,9,10,11)/b6-4+. The van der Waals surface area contributed by atoms with E-state index >= 15 is 0 Å². The predicted molar refractivity (Wildman–Crippen MR) is 55.5 cm³/mol. The maximum atomic E-state index is 5.56. The third-order valence-corrected chi connectivity index (χ3v) is 2.19. The Morgan fingerprint density at radius 1 is 1.58 bits per heavy atom. The van der Waals surface area contributed by atoms with Gasteiger partial charge < -0.3 is 5.73 Å². The summed E-state index contributed by atoms with van der Waals surface area (Å²) in [4.78, 5) is 9.19. The smallest absolute Gasteiger partial charge is 0.165 e. The molecule has 4 heteroatoms. The average molecular weight is 183 g/mol. The maximum Gasteiger partial charge on any atom is 0.165 e. The van der Waals surface area contributed by atoms with Gasteiger partial charge in [0.2, 0.25) is 0 Å². The molecule has 0 aromatic carbocycles. The number of hydrogen-bond donors (Lipinski definition) is 1. The minimum atomic E-state index is 0.505. The number of hydrogen-bond acceptors (Lipinski definition) is 3. The second kappa shape index (κ2) is 3.76. The number of thioether (sulfide) groups is 1. The van der Waals surface area contributed by atoms with Crippen LogP contribution in [0.25, 0.3) is 0 Å². The molecule has 0 aromatic heterocycles. The number of allylic oxidation sites excluding steroid dienone is 1. The molecule has 1 aliphatic heterocycles. The van der Waals surface area contributed by atoms with Crippen LogP contribution in [0.3, 0.4) is 0 Å². The van der Waals surface area contributed by atoms with Gasteiger partial charge in [-0.1, -0.05) is 19.9 Å². The van der Waals surface area contributed by atoms with Crippen LogP contribution in [-0.2, 0) is 0 Å². The summed E-state index contributed by atoms with van der Waals surface area (Å²) in [6, 6.07) is 0. The molecule has 12 heavy (non-hydrogen) atoms. The summed E-state index contributed by atoms with van der Waals surface area (Å²) in [7, 11) is 1.73. The molecule has 0 amide bonds. The molecule has 0 aromatic rings. The molecule has 66 valence electrons. The zero-order chi connectivity index (χ0) is 9.14. The fourth-order valence-corrected chi connectivity index (χ4v) is 1.84. The highest BCUT2D eigenvalue weighted by molar-refractivity contribution is 8.18. The molecule has 3 nitrogen and oxygen atoms in total. The molecule has 0 aliphatic carbocycles. The number of nitrogens with zero attached hydrogens (tertiary/aromatic N) is 2. The van der Waals surface area contributed by atoms with Gasteiger partial charge in [-0.15, -0.1) is 0 Å². The highest BCUT2D eigenvalue weighted by Gasteiger charge is 2.16. The van der Waals surface area contributed by atoms with E-state index in [1.54, 1.807) is 7.05 Å². The Labute approximate surface area is 76.9 Å². The first-order chi connectivity index (χ1) is 5.63. The number of amidine groups is 2. The fraction of sp³-hybridized carbons (Fsp3) is 0.500. The lowest BCUT2D eigenvalue weighted by atomic mass is 10.2. The van der Waals surface area contributed by atoms with E-state index in [0.29, 0.717) is 11.1 Å². The van der Waals surface area contributed by atoms with E-state index in [9.17, 15) is 0 Å². The lowest BCUT2D eigenvalue weighted by Gasteiger charge is -1.98. The summed E-state index contributed by atoms with van der Waals surface area (Å²) < 4.78 is 0. The van der Waals surface area contributed by atoms with E-state index in [1.165, 1.54) is 11.8 Å². The summed E-state index contributed by atoms with van der Waals surface area (Å²) in [5.74, 6) is 1.26. The second-order valence-corrected chi connectivity index (χ2v) is 3.94. The summed E-state index contributed by atoms with van der Waals surface area (Å²) in [6.45, 7) is 4.24. The topological polar surface area (TPSA) is 50.7 Å². The number of rotatable bonds is 1. The van der Waals surface area contributed by atoms with Crippen LogP contribution in [0.1, 0.15) is 13.8 Å². The SMILES string of the molecule is CN=C1N=C(N)S/C1=C/C(C)C. The van der Waals surface area contributed by atoms with Gasteiger partial charge in [-0.2, -0.15) is 0 Å². The van der Waals surface area contributed by atoms with Crippen molar-refractivity contribution in [3.05, 3.63) is 11.0 Å². The molecule has 1 aliphatic rings. The van der Waals surface area contributed by atoms with Gasteiger partial charge in [0.05, 0.1) is 4.91 Å². The molecule has 1 rings (SSSR count). The van der Waals surface area contributed by atoms with E-state index in [0.717, 1.165) is 10.7 Å². The van der Waals surface area contributed by atoms with Crippen molar-refractivity contribution in [2.75, 3.05) is 7.05 Å². The molecule has 2 N–H and O–H groups in total. The number of aliphatic imine (C=N–C) groups is 2. The Morgan fingerprint density at radius 3 is 2.75 bits per heavy atom. The van der Waals surface area contributed by atoms with Crippen molar-refractivity contribution >= 4 is 22.8 Å². The van der Waals surface area contributed by atoms with Gasteiger partial charge in [-0.25, -0.2) is 4.99 Å². The molecular formula is C8H13N3S. The minimum absolute atomic E-state index is 0.505. The maximum absolute atomic E-state index is 5.56. The predicted octanol–water partition coefficient (Wildman–Crippen LogP) is 1.62. The lowest BCUT2D eigenvalue weighted by molar-refractivity contribution is 0.831. The molecule has 0 spiro atoms. The van der Waals surface area contributed by atoms with E-state index in [4.69, 9.17) is 5.73 Å². The molecule has 0 unspecified atom stereocenters. The number of nitrogens with two attached hydrogens (primary N) is 1. The Bertz CT molecular complexity index is 263. The zero-order valence-corrected chi connectivity index (χ0v) is 8.35. The Balaban J connectivity index is 2.85. The van der Waals surface area contributed by atoms with Crippen LogP contribution >= 0.6 is 11.8 Å². The van der Waals surface area contributed by atoms with Crippen molar-refractivity contribution in [2.24, 2.45) is 21.6 Å². The molecule has 1 heterocycles. The third-order valence-electron chi connectivity index (χ3n) is 1.35. The monoisotopic (exact) mass is 183 g/mol. The normalized spacial score (nSPS) is 24.2. The summed E-state index contributed by atoms with van der Waals surface area (Å²) >= 11 is 1.48. The van der Waals surface area contributed by atoms with Crippen LogP contribution in [-0.4, -0.2) is 18.1 Å². The van der Waals surface area contributed by atoms with Crippen molar-refractivity contribution in [3.8, 4) is 0 Å². The molecule has 0 bridgehead atoms. The Hall–Kier alpha value is -0.770. The van der Waals surface area contributed by atoms with Crippen molar-refractivity contribution in [1.29, 1.82) is 0 Å². The third kappa shape index (κ3) is 2.11. The van der Waals surface area contributed by atoms with Gasteiger partial charge in [0, 0.05) is 7.05 Å². The Kier molecular flexibility index (Phi) is 2.92. The van der Waals surface area contributed by atoms with Crippen LogP contribution in [0.5, 0.6) is 0 Å². The quantitative estimate of drug-likeness (QED) is 0.671. The van der Waals surface area contributed by atoms with Gasteiger partial charge in [-0.3, -0.25) is 4.99 Å². The molecule has 0 atom stereocenters. The molecule has 0 fully saturated rings.